The van der Waals surface area contributed by atoms with Crippen molar-refractivity contribution in [3.05, 3.63) is 200 Å². The zero-order valence-electron chi connectivity index (χ0n) is 31.3. The minimum atomic E-state index is 1.13. The molecule has 0 bridgehead atoms. The molecule has 0 atom stereocenters. The van der Waals surface area contributed by atoms with Gasteiger partial charge in [-0.05, 0) is 95.1 Å². The molecule has 0 saturated carbocycles. The Labute approximate surface area is 337 Å². The maximum Gasteiger partial charge on any atom is 0.0789 e. The zero-order valence-corrected chi connectivity index (χ0v) is 32.1. The second kappa shape index (κ2) is 12.1. The molecule has 3 nitrogen and oxygen atoms in total. The lowest BCUT2D eigenvalue weighted by Gasteiger charge is -2.26. The van der Waals surface area contributed by atoms with E-state index in [2.05, 4.69) is 214 Å². The summed E-state index contributed by atoms with van der Waals surface area (Å²) in [7, 11) is 0. The largest absolute Gasteiger partial charge is 0.310 e. The van der Waals surface area contributed by atoms with E-state index in [9.17, 15) is 0 Å². The molecule has 4 heterocycles. The first-order valence-electron chi connectivity index (χ1n) is 19.8. The number of aromatic nitrogens is 2. The van der Waals surface area contributed by atoms with Crippen LogP contribution in [0.4, 0.5) is 17.1 Å². The lowest BCUT2D eigenvalue weighted by atomic mass is 9.99. The van der Waals surface area contributed by atoms with Gasteiger partial charge in [0.15, 0.2) is 0 Å². The quantitative estimate of drug-likeness (QED) is 0.159. The van der Waals surface area contributed by atoms with Crippen LogP contribution in [-0.4, -0.2) is 8.80 Å². The summed E-state index contributed by atoms with van der Waals surface area (Å²) in [4.78, 5) is 2.36. The summed E-state index contributed by atoms with van der Waals surface area (Å²) in [6.45, 7) is 0. The summed E-state index contributed by atoms with van der Waals surface area (Å²) in [5, 5.41) is 7.77. The number of hydrogen-bond donors (Lipinski definition) is 0. The smallest absolute Gasteiger partial charge is 0.0789 e. The van der Waals surface area contributed by atoms with Crippen LogP contribution in [0.25, 0.3) is 97.1 Å². The molecule has 0 aliphatic rings. The lowest BCUT2D eigenvalue weighted by molar-refractivity contribution is 1.26. The predicted molar refractivity (Wildman–Crippen MR) is 248 cm³/mol. The molecule has 0 fully saturated rings. The normalized spacial score (nSPS) is 12.1. The van der Waals surface area contributed by atoms with E-state index in [-0.39, 0.29) is 0 Å². The molecule has 4 aromatic heterocycles. The van der Waals surface area contributed by atoms with Gasteiger partial charge in [0, 0.05) is 58.8 Å². The van der Waals surface area contributed by atoms with Crippen molar-refractivity contribution in [2.24, 2.45) is 0 Å². The van der Waals surface area contributed by atoms with Crippen LogP contribution in [0.3, 0.4) is 0 Å². The molecular weight excluding hydrogens is 723 g/mol. The first-order valence-corrected chi connectivity index (χ1v) is 20.7. The summed E-state index contributed by atoms with van der Waals surface area (Å²) in [5.41, 5.74) is 15.7. The molecule has 0 unspecified atom stereocenters. The first kappa shape index (κ1) is 31.8. The Balaban J connectivity index is 0.897. The van der Waals surface area contributed by atoms with Gasteiger partial charge in [0.2, 0.25) is 0 Å². The second-order valence-electron chi connectivity index (χ2n) is 15.3. The molecule has 0 amide bonds. The fourth-order valence-electron chi connectivity index (χ4n) is 9.61. The van der Waals surface area contributed by atoms with Crippen molar-refractivity contribution in [2.75, 3.05) is 4.90 Å². The van der Waals surface area contributed by atoms with E-state index in [0.29, 0.717) is 0 Å². The van der Waals surface area contributed by atoms with E-state index in [1.807, 2.05) is 11.3 Å². The lowest BCUT2D eigenvalue weighted by Crippen LogP contribution is -2.09. The number of nitrogens with zero attached hydrogens (tertiary/aromatic N) is 3. The molecule has 0 spiro atoms. The van der Waals surface area contributed by atoms with Crippen LogP contribution in [0.1, 0.15) is 0 Å². The van der Waals surface area contributed by atoms with E-state index < -0.39 is 0 Å². The minimum absolute atomic E-state index is 1.13. The standard InChI is InChI=1S/C54H33N3S/c1-2-10-38(11-3-1)55(40-27-31-52-46(33-40)43-14-6-9-17-51(43)58-52)39-25-22-35(23-26-39)34-18-20-36(21-19-34)37-24-30-49-50(32-37)57-48-16-8-5-13-42(48)45-29-28-44-41-12-4-7-15-47(41)56(49)53(44)54(45)57/h1-33H. The van der Waals surface area contributed by atoms with E-state index >= 15 is 0 Å². The van der Waals surface area contributed by atoms with Gasteiger partial charge < -0.3 is 13.7 Å². The number of hydrogen-bond acceptors (Lipinski definition) is 2. The number of rotatable bonds is 5. The van der Waals surface area contributed by atoms with Gasteiger partial charge in [-0.2, -0.15) is 0 Å². The summed E-state index contributed by atoms with van der Waals surface area (Å²) < 4.78 is 7.61. The molecule has 270 valence electrons. The minimum Gasteiger partial charge on any atom is -0.310 e. The highest BCUT2D eigenvalue weighted by Crippen LogP contribution is 2.44. The van der Waals surface area contributed by atoms with Crippen molar-refractivity contribution >= 4 is 103 Å². The van der Waals surface area contributed by atoms with E-state index in [1.54, 1.807) is 0 Å². The molecule has 0 radical (unpaired) electrons. The summed E-state index contributed by atoms with van der Waals surface area (Å²) in [5.74, 6) is 0. The summed E-state index contributed by atoms with van der Waals surface area (Å²) in [6, 6.07) is 73.6. The van der Waals surface area contributed by atoms with Gasteiger partial charge >= 0.3 is 0 Å². The summed E-state index contributed by atoms with van der Waals surface area (Å²) in [6.07, 6.45) is 0. The first-order chi connectivity index (χ1) is 28.8. The number of thiophene rings is 1. The average molecular weight is 756 g/mol. The van der Waals surface area contributed by atoms with Crippen molar-refractivity contribution in [2.45, 2.75) is 0 Å². The van der Waals surface area contributed by atoms with E-state index in [0.717, 1.165) is 17.1 Å². The van der Waals surface area contributed by atoms with Crippen LogP contribution in [0.15, 0.2) is 200 Å². The Morgan fingerprint density at radius 1 is 0.293 bits per heavy atom. The highest BCUT2D eigenvalue weighted by atomic mass is 32.1. The Bertz CT molecular complexity index is 3720. The van der Waals surface area contributed by atoms with Crippen molar-refractivity contribution in [3.8, 4) is 22.3 Å². The maximum atomic E-state index is 2.50. The van der Waals surface area contributed by atoms with Crippen molar-refractivity contribution < 1.29 is 0 Å². The van der Waals surface area contributed by atoms with Crippen LogP contribution < -0.4 is 4.90 Å². The van der Waals surface area contributed by atoms with Crippen molar-refractivity contribution in [3.63, 3.8) is 0 Å². The van der Waals surface area contributed by atoms with Crippen LogP contribution in [0.5, 0.6) is 0 Å². The van der Waals surface area contributed by atoms with E-state index in [1.165, 1.54) is 97.1 Å². The van der Waals surface area contributed by atoms with Gasteiger partial charge in [-0.1, -0.05) is 127 Å². The fraction of sp³-hybridized carbons (Fsp3) is 0. The SMILES string of the molecule is c1ccc(N(c2ccc(-c3ccc(-c4ccc5c(c4)n4c6ccccc6c6ccc7c8ccccc8n5c7c64)cc3)cc2)c2ccc3sc4ccccc4c3c2)cc1. The fourth-order valence-corrected chi connectivity index (χ4v) is 10.7. The molecule has 0 saturated heterocycles. The molecular formula is C54H33N3S. The van der Waals surface area contributed by atoms with Gasteiger partial charge in [0.25, 0.3) is 0 Å². The van der Waals surface area contributed by atoms with Crippen molar-refractivity contribution in [1.82, 2.24) is 8.80 Å². The highest BCUT2D eigenvalue weighted by molar-refractivity contribution is 7.25. The van der Waals surface area contributed by atoms with Gasteiger partial charge in [-0.3, -0.25) is 0 Å². The molecule has 0 aliphatic heterocycles. The molecule has 13 rings (SSSR count). The molecule has 9 aromatic carbocycles. The monoisotopic (exact) mass is 755 g/mol. The van der Waals surface area contributed by atoms with Crippen LogP contribution in [-0.2, 0) is 0 Å². The van der Waals surface area contributed by atoms with Crippen molar-refractivity contribution in [1.29, 1.82) is 0 Å². The Hall–Kier alpha value is -7.40. The number of anilines is 3. The average Bonchev–Trinajstić information content (AvgIpc) is 3.95. The molecule has 0 aliphatic carbocycles. The van der Waals surface area contributed by atoms with Gasteiger partial charge in [0.05, 0.1) is 33.1 Å². The number of para-hydroxylation sites is 3. The number of benzene rings is 9. The van der Waals surface area contributed by atoms with Crippen LogP contribution >= 0.6 is 11.3 Å². The third-order valence-corrected chi connectivity index (χ3v) is 13.4. The van der Waals surface area contributed by atoms with Gasteiger partial charge in [0.1, 0.15) is 0 Å². The van der Waals surface area contributed by atoms with Gasteiger partial charge in [-0.15, -0.1) is 11.3 Å². The van der Waals surface area contributed by atoms with Crippen LogP contribution in [0.2, 0.25) is 0 Å². The Morgan fingerprint density at radius 2 is 0.793 bits per heavy atom. The van der Waals surface area contributed by atoms with E-state index in [4.69, 9.17) is 0 Å². The molecule has 0 N–H and O–H groups in total. The highest BCUT2D eigenvalue weighted by Gasteiger charge is 2.22. The Morgan fingerprint density at radius 3 is 1.48 bits per heavy atom. The van der Waals surface area contributed by atoms with Gasteiger partial charge in [-0.25, -0.2) is 0 Å². The predicted octanol–water partition coefficient (Wildman–Crippen LogP) is 15.4. The van der Waals surface area contributed by atoms with Crippen LogP contribution in [0, 0.1) is 0 Å². The molecule has 4 heteroatoms. The Kier molecular flexibility index (Phi) is 6.60. The third-order valence-electron chi connectivity index (χ3n) is 12.2. The maximum absolute atomic E-state index is 2.50. The topological polar surface area (TPSA) is 12.1 Å². The number of fused-ring (bicyclic) bond motifs is 12. The molecule has 13 aromatic rings. The second-order valence-corrected chi connectivity index (χ2v) is 16.4. The zero-order chi connectivity index (χ0) is 37.9. The third kappa shape index (κ3) is 4.49. The molecule has 58 heavy (non-hydrogen) atoms. The summed E-state index contributed by atoms with van der Waals surface area (Å²) >= 11 is 1.86.